The van der Waals surface area contributed by atoms with Gasteiger partial charge in [0.2, 0.25) is 0 Å². The van der Waals surface area contributed by atoms with Gasteiger partial charge in [0.05, 0.1) is 5.69 Å². The molecule has 0 amide bonds. The molecule has 0 spiro atoms. The first-order valence-electron chi connectivity index (χ1n) is 7.75. The van der Waals surface area contributed by atoms with Crippen molar-refractivity contribution >= 4 is 16.8 Å². The Balaban J connectivity index is 2.05. The molecule has 0 unspecified atom stereocenters. The van der Waals surface area contributed by atoms with Gasteiger partial charge in [0, 0.05) is 32.7 Å². The molecule has 1 fully saturated rings. The Hall–Kier alpha value is -1.75. The van der Waals surface area contributed by atoms with Gasteiger partial charge in [-0.2, -0.15) is 0 Å². The zero-order valence-electron chi connectivity index (χ0n) is 12.8. The van der Waals surface area contributed by atoms with Crippen molar-refractivity contribution in [2.45, 2.75) is 26.8 Å². The van der Waals surface area contributed by atoms with Crippen LogP contribution in [0.4, 0.5) is 5.69 Å². The van der Waals surface area contributed by atoms with Crippen LogP contribution < -0.4 is 16.0 Å². The number of anilines is 1. The normalized spacial score (nSPS) is 16.0. The van der Waals surface area contributed by atoms with Gasteiger partial charge in [0.1, 0.15) is 5.52 Å². The summed E-state index contributed by atoms with van der Waals surface area (Å²) < 4.78 is 7.23. The molecule has 1 aromatic heterocycles. The molecule has 1 N–H and O–H groups in total. The van der Waals surface area contributed by atoms with Gasteiger partial charge in [-0.05, 0) is 24.5 Å². The number of piperazine rings is 1. The number of rotatable bonds is 4. The van der Waals surface area contributed by atoms with Crippen molar-refractivity contribution in [2.75, 3.05) is 31.1 Å². The topological polar surface area (TPSA) is 50.4 Å². The second kappa shape index (κ2) is 5.93. The molecule has 2 heterocycles. The third-order valence-electron chi connectivity index (χ3n) is 4.05. The number of hydrogen-bond acceptors (Lipinski definition) is 4. The number of para-hydroxylation sites is 1. The molecule has 5 heteroatoms. The van der Waals surface area contributed by atoms with E-state index in [0.29, 0.717) is 18.0 Å². The summed E-state index contributed by atoms with van der Waals surface area (Å²) in [4.78, 5) is 14.5. The first-order chi connectivity index (χ1) is 10.2. The second-order valence-electron chi connectivity index (χ2n) is 6.06. The van der Waals surface area contributed by atoms with Crippen molar-refractivity contribution in [3.05, 3.63) is 28.7 Å². The van der Waals surface area contributed by atoms with E-state index in [9.17, 15) is 4.79 Å². The molecule has 0 bridgehead atoms. The van der Waals surface area contributed by atoms with Crippen LogP contribution in [0.3, 0.4) is 0 Å². The fourth-order valence-electron chi connectivity index (χ4n) is 2.86. The van der Waals surface area contributed by atoms with Gasteiger partial charge in [-0.3, -0.25) is 4.57 Å². The van der Waals surface area contributed by atoms with E-state index < -0.39 is 0 Å². The number of fused-ring (bicyclic) bond motifs is 1. The summed E-state index contributed by atoms with van der Waals surface area (Å²) >= 11 is 0. The van der Waals surface area contributed by atoms with Gasteiger partial charge < -0.3 is 14.6 Å². The minimum Gasteiger partial charge on any atom is -0.408 e. The zero-order valence-corrected chi connectivity index (χ0v) is 12.8. The highest BCUT2D eigenvalue weighted by atomic mass is 16.4. The highest BCUT2D eigenvalue weighted by molar-refractivity contribution is 5.87. The van der Waals surface area contributed by atoms with Gasteiger partial charge in [-0.1, -0.05) is 19.9 Å². The van der Waals surface area contributed by atoms with Crippen molar-refractivity contribution in [3.8, 4) is 0 Å². The van der Waals surface area contributed by atoms with Crippen LogP contribution >= 0.6 is 0 Å². The highest BCUT2D eigenvalue weighted by Gasteiger charge is 2.18. The molecule has 5 nitrogen and oxygen atoms in total. The second-order valence-corrected chi connectivity index (χ2v) is 6.06. The summed E-state index contributed by atoms with van der Waals surface area (Å²) in [5.41, 5.74) is 2.76. The molecule has 1 aliphatic heterocycles. The van der Waals surface area contributed by atoms with Crippen molar-refractivity contribution in [1.82, 2.24) is 9.88 Å². The van der Waals surface area contributed by atoms with E-state index in [1.807, 2.05) is 12.1 Å². The monoisotopic (exact) mass is 289 g/mol. The van der Waals surface area contributed by atoms with E-state index in [1.54, 1.807) is 4.57 Å². The molecule has 2 aromatic rings. The molecule has 0 saturated carbocycles. The molecule has 114 valence electrons. The summed E-state index contributed by atoms with van der Waals surface area (Å²) in [5, 5.41) is 3.36. The van der Waals surface area contributed by atoms with Crippen LogP contribution in [0.15, 0.2) is 27.4 Å². The third-order valence-corrected chi connectivity index (χ3v) is 4.05. The van der Waals surface area contributed by atoms with Crippen LogP contribution in [0.5, 0.6) is 0 Å². The summed E-state index contributed by atoms with van der Waals surface area (Å²) in [6, 6.07) is 5.94. The van der Waals surface area contributed by atoms with Gasteiger partial charge in [0.25, 0.3) is 0 Å². The van der Waals surface area contributed by atoms with Crippen LogP contribution in [-0.2, 0) is 6.54 Å². The van der Waals surface area contributed by atoms with E-state index in [2.05, 4.69) is 30.1 Å². The molecule has 1 aliphatic rings. The van der Waals surface area contributed by atoms with Crippen LogP contribution in [0.2, 0.25) is 0 Å². The van der Waals surface area contributed by atoms with Crippen LogP contribution in [0.1, 0.15) is 20.3 Å². The molecule has 3 rings (SSSR count). The van der Waals surface area contributed by atoms with Crippen molar-refractivity contribution < 1.29 is 4.42 Å². The number of aromatic nitrogens is 1. The first-order valence-corrected chi connectivity index (χ1v) is 7.75. The number of nitrogens with zero attached hydrogens (tertiary/aromatic N) is 2. The average Bonchev–Trinajstić information content (AvgIpc) is 2.81. The fourth-order valence-corrected chi connectivity index (χ4v) is 2.86. The maximum atomic E-state index is 12.2. The molecule has 0 radical (unpaired) electrons. The average molecular weight is 289 g/mol. The molecule has 1 saturated heterocycles. The lowest BCUT2D eigenvalue weighted by Crippen LogP contribution is -2.43. The maximum absolute atomic E-state index is 12.2. The Morgan fingerprint density at radius 2 is 2.05 bits per heavy atom. The highest BCUT2D eigenvalue weighted by Crippen LogP contribution is 2.27. The summed E-state index contributed by atoms with van der Waals surface area (Å²) in [5.74, 6) is 0.321. The Bertz CT molecular complexity index is 666. The summed E-state index contributed by atoms with van der Waals surface area (Å²) in [6.07, 6.45) is 0.977. The van der Waals surface area contributed by atoms with Gasteiger partial charge in [-0.25, -0.2) is 4.79 Å². The number of benzene rings is 1. The summed E-state index contributed by atoms with van der Waals surface area (Å²) in [6.45, 7) is 8.93. The van der Waals surface area contributed by atoms with Gasteiger partial charge >= 0.3 is 5.76 Å². The summed E-state index contributed by atoms with van der Waals surface area (Å²) in [7, 11) is 0. The Kier molecular flexibility index (Phi) is 4.01. The van der Waals surface area contributed by atoms with Crippen molar-refractivity contribution in [1.29, 1.82) is 0 Å². The maximum Gasteiger partial charge on any atom is 0.420 e. The van der Waals surface area contributed by atoms with Crippen LogP contribution in [0, 0.1) is 5.92 Å². The SMILES string of the molecule is CC(C)CCn1c(=O)oc2cccc(N3CCNCC3)c21. The molecule has 21 heavy (non-hydrogen) atoms. The van der Waals surface area contributed by atoms with Gasteiger partial charge in [0.15, 0.2) is 5.58 Å². The predicted molar refractivity (Wildman–Crippen MR) is 85.0 cm³/mol. The van der Waals surface area contributed by atoms with Crippen molar-refractivity contribution in [2.24, 2.45) is 5.92 Å². The van der Waals surface area contributed by atoms with Crippen LogP contribution in [0.25, 0.3) is 11.1 Å². The zero-order chi connectivity index (χ0) is 14.8. The minimum absolute atomic E-state index is 0.242. The van der Waals surface area contributed by atoms with E-state index in [4.69, 9.17) is 4.42 Å². The van der Waals surface area contributed by atoms with E-state index in [0.717, 1.165) is 43.8 Å². The lowest BCUT2D eigenvalue weighted by Gasteiger charge is -2.30. The van der Waals surface area contributed by atoms with Crippen molar-refractivity contribution in [3.63, 3.8) is 0 Å². The van der Waals surface area contributed by atoms with E-state index in [-0.39, 0.29) is 5.76 Å². The Labute approximate surface area is 124 Å². The third kappa shape index (κ3) is 2.83. The largest absolute Gasteiger partial charge is 0.420 e. The molecule has 1 aromatic carbocycles. The first kappa shape index (κ1) is 14.2. The standard InChI is InChI=1S/C16H23N3O2/c1-12(2)6-9-19-15-13(18-10-7-17-8-11-18)4-3-5-14(15)21-16(19)20/h3-5,12,17H,6-11H2,1-2H3. The van der Waals surface area contributed by atoms with E-state index in [1.165, 1.54) is 0 Å². The smallest absolute Gasteiger partial charge is 0.408 e. The molecular formula is C16H23N3O2. The predicted octanol–water partition coefficient (Wildman–Crippen LogP) is 2.05. The molecule has 0 aliphatic carbocycles. The Morgan fingerprint density at radius 1 is 1.29 bits per heavy atom. The lowest BCUT2D eigenvalue weighted by atomic mass is 10.1. The lowest BCUT2D eigenvalue weighted by molar-refractivity contribution is 0.464. The molecular weight excluding hydrogens is 266 g/mol. The minimum atomic E-state index is -0.242. The quantitative estimate of drug-likeness (QED) is 0.936. The van der Waals surface area contributed by atoms with E-state index >= 15 is 0 Å². The van der Waals surface area contributed by atoms with Crippen LogP contribution in [-0.4, -0.2) is 30.7 Å². The number of nitrogens with one attached hydrogen (secondary N) is 1. The number of oxazole rings is 1. The number of aryl methyl sites for hydroxylation is 1. The molecule has 0 atom stereocenters. The fraction of sp³-hybridized carbons (Fsp3) is 0.562. The Morgan fingerprint density at radius 3 is 2.76 bits per heavy atom. The number of hydrogen-bond donors (Lipinski definition) is 1. The van der Waals surface area contributed by atoms with Gasteiger partial charge in [-0.15, -0.1) is 0 Å².